The molecule has 0 aliphatic carbocycles. The maximum Gasteiger partial charge on any atom is 0.182 e. The van der Waals surface area contributed by atoms with Gasteiger partial charge in [0.25, 0.3) is 0 Å². The molecule has 0 saturated carbocycles. The number of imidazole rings is 1. The largest absolute Gasteiger partial charge is 0.330 e. The molecule has 1 N–H and O–H groups in total. The number of hydrogen-bond acceptors (Lipinski definition) is 1. The topological polar surface area (TPSA) is 20.7 Å². The highest BCUT2D eigenvalue weighted by molar-refractivity contribution is 9.10. The van der Waals surface area contributed by atoms with Crippen molar-refractivity contribution >= 4 is 39.2 Å². The number of nitrogens with zero attached hydrogens (tertiary/aromatic N) is 1. The van der Waals surface area contributed by atoms with Gasteiger partial charge in [-0.1, -0.05) is 22.0 Å². The number of rotatable bonds is 1. The van der Waals surface area contributed by atoms with E-state index in [1.165, 1.54) is 6.07 Å². The van der Waals surface area contributed by atoms with Crippen LogP contribution in [0, 0.1) is 17.5 Å². The molecule has 0 radical (unpaired) electrons. The highest BCUT2D eigenvalue weighted by atomic mass is 79.9. The third-order valence-corrected chi connectivity index (χ3v) is 3.84. The van der Waals surface area contributed by atoms with E-state index < -0.39 is 0 Å². The van der Waals surface area contributed by atoms with E-state index in [0.29, 0.717) is 10.3 Å². The Kier molecular flexibility index (Phi) is 3.03. The molecule has 96 valence electrons. The average Bonchev–Trinajstić information content (AvgIpc) is 2.68. The lowest BCUT2D eigenvalue weighted by atomic mass is 10.2. The summed E-state index contributed by atoms with van der Waals surface area (Å²) >= 11 is 8.76. The van der Waals surface area contributed by atoms with E-state index in [2.05, 4.69) is 20.9 Å². The van der Waals surface area contributed by atoms with Crippen LogP contribution in [0.5, 0.6) is 0 Å². The van der Waals surface area contributed by atoms with Gasteiger partial charge in [0.1, 0.15) is 5.82 Å². The standard InChI is InChI=1S/C14H10BrFN2S/c1-8-2-4-10(7-11(8)16)18-13-6-9(15)3-5-12(13)17-14(18)19/h2-7H,1H3,(H,17,19). The van der Waals surface area contributed by atoms with Gasteiger partial charge in [-0.25, -0.2) is 4.39 Å². The number of aryl methyl sites for hydroxylation is 1. The summed E-state index contributed by atoms with van der Waals surface area (Å²) in [6.07, 6.45) is 0. The number of benzene rings is 2. The van der Waals surface area contributed by atoms with Crippen LogP contribution in [0.4, 0.5) is 4.39 Å². The van der Waals surface area contributed by atoms with Crippen molar-refractivity contribution in [3.63, 3.8) is 0 Å². The van der Waals surface area contributed by atoms with E-state index in [1.54, 1.807) is 13.0 Å². The van der Waals surface area contributed by atoms with Gasteiger partial charge in [0.15, 0.2) is 4.77 Å². The van der Waals surface area contributed by atoms with Gasteiger partial charge in [-0.3, -0.25) is 4.57 Å². The van der Waals surface area contributed by atoms with Crippen LogP contribution in [0.1, 0.15) is 5.56 Å². The number of aromatic amines is 1. The van der Waals surface area contributed by atoms with Gasteiger partial charge >= 0.3 is 0 Å². The number of fused-ring (bicyclic) bond motifs is 1. The summed E-state index contributed by atoms with van der Waals surface area (Å²) in [6, 6.07) is 11.0. The molecule has 1 heterocycles. The normalized spacial score (nSPS) is 11.1. The lowest BCUT2D eigenvalue weighted by Gasteiger charge is -2.06. The molecule has 0 spiro atoms. The molecule has 0 bridgehead atoms. The van der Waals surface area contributed by atoms with Crippen LogP contribution in [0.25, 0.3) is 16.7 Å². The number of nitrogens with one attached hydrogen (secondary N) is 1. The summed E-state index contributed by atoms with van der Waals surface area (Å²) < 4.78 is 17.1. The fraction of sp³-hybridized carbons (Fsp3) is 0.0714. The van der Waals surface area contributed by atoms with Gasteiger partial charge in [-0.05, 0) is 55.0 Å². The minimum Gasteiger partial charge on any atom is -0.330 e. The Labute approximate surface area is 123 Å². The molecule has 0 aliphatic rings. The molecule has 5 heteroatoms. The summed E-state index contributed by atoms with van der Waals surface area (Å²) in [6.45, 7) is 1.74. The predicted molar refractivity (Wildman–Crippen MR) is 80.9 cm³/mol. The Morgan fingerprint density at radius 2 is 2.00 bits per heavy atom. The zero-order chi connectivity index (χ0) is 13.6. The second-order valence-corrected chi connectivity index (χ2v) is 5.66. The number of halogens is 2. The Hall–Kier alpha value is -1.46. The van der Waals surface area contributed by atoms with Crippen LogP contribution in [0.3, 0.4) is 0 Å². The van der Waals surface area contributed by atoms with E-state index in [1.807, 2.05) is 28.8 Å². The summed E-state index contributed by atoms with van der Waals surface area (Å²) in [5.74, 6) is -0.233. The van der Waals surface area contributed by atoms with Crippen molar-refractivity contribution in [2.75, 3.05) is 0 Å². The molecule has 0 saturated heterocycles. The second kappa shape index (κ2) is 4.58. The van der Waals surface area contributed by atoms with Gasteiger partial charge < -0.3 is 4.98 Å². The van der Waals surface area contributed by atoms with Crippen molar-refractivity contribution in [3.05, 3.63) is 57.0 Å². The fourth-order valence-electron chi connectivity index (χ4n) is 2.05. The molecule has 3 rings (SSSR count). The maximum atomic E-state index is 13.7. The summed E-state index contributed by atoms with van der Waals surface area (Å²) in [5, 5.41) is 0. The van der Waals surface area contributed by atoms with Gasteiger partial charge in [-0.2, -0.15) is 0 Å². The van der Waals surface area contributed by atoms with Crippen LogP contribution in [-0.4, -0.2) is 9.55 Å². The first-order valence-electron chi connectivity index (χ1n) is 5.73. The molecule has 0 aliphatic heterocycles. The fourth-order valence-corrected chi connectivity index (χ4v) is 2.72. The van der Waals surface area contributed by atoms with E-state index >= 15 is 0 Å². The molecular formula is C14H10BrFN2S. The smallest absolute Gasteiger partial charge is 0.182 e. The Morgan fingerprint density at radius 3 is 2.74 bits per heavy atom. The Morgan fingerprint density at radius 1 is 1.21 bits per heavy atom. The highest BCUT2D eigenvalue weighted by Crippen LogP contribution is 2.24. The minimum absolute atomic E-state index is 0.233. The quantitative estimate of drug-likeness (QED) is 0.627. The van der Waals surface area contributed by atoms with Gasteiger partial charge in [-0.15, -0.1) is 0 Å². The van der Waals surface area contributed by atoms with Gasteiger partial charge in [0.05, 0.1) is 16.7 Å². The molecule has 1 aromatic heterocycles. The first-order chi connectivity index (χ1) is 9.06. The van der Waals surface area contributed by atoms with Gasteiger partial charge in [0, 0.05) is 4.47 Å². The zero-order valence-electron chi connectivity index (χ0n) is 10.1. The van der Waals surface area contributed by atoms with Crippen LogP contribution in [0.2, 0.25) is 0 Å². The maximum absolute atomic E-state index is 13.7. The number of H-pyrrole nitrogens is 1. The van der Waals surface area contributed by atoms with Crippen LogP contribution >= 0.6 is 28.1 Å². The van der Waals surface area contributed by atoms with Crippen molar-refractivity contribution in [2.24, 2.45) is 0 Å². The van der Waals surface area contributed by atoms with Crippen molar-refractivity contribution in [3.8, 4) is 5.69 Å². The second-order valence-electron chi connectivity index (χ2n) is 4.36. The van der Waals surface area contributed by atoms with Crippen LogP contribution < -0.4 is 0 Å². The average molecular weight is 337 g/mol. The third kappa shape index (κ3) is 2.13. The van der Waals surface area contributed by atoms with E-state index in [4.69, 9.17) is 12.2 Å². The van der Waals surface area contributed by atoms with Crippen LogP contribution in [0.15, 0.2) is 40.9 Å². The minimum atomic E-state index is -0.233. The van der Waals surface area contributed by atoms with Crippen molar-refractivity contribution in [2.45, 2.75) is 6.92 Å². The first-order valence-corrected chi connectivity index (χ1v) is 6.93. The van der Waals surface area contributed by atoms with Crippen molar-refractivity contribution in [1.29, 1.82) is 0 Å². The molecule has 19 heavy (non-hydrogen) atoms. The van der Waals surface area contributed by atoms with E-state index in [9.17, 15) is 4.39 Å². The monoisotopic (exact) mass is 336 g/mol. The Bertz CT molecular complexity index is 835. The summed E-state index contributed by atoms with van der Waals surface area (Å²) in [7, 11) is 0. The molecule has 2 aromatic carbocycles. The SMILES string of the molecule is Cc1ccc(-n2c(=S)[nH]c3ccc(Br)cc32)cc1F. The third-order valence-electron chi connectivity index (χ3n) is 3.06. The molecular weight excluding hydrogens is 327 g/mol. The van der Waals surface area contributed by atoms with E-state index in [0.717, 1.165) is 21.2 Å². The van der Waals surface area contributed by atoms with E-state index in [-0.39, 0.29) is 5.82 Å². The highest BCUT2D eigenvalue weighted by Gasteiger charge is 2.08. The number of aromatic nitrogens is 2. The molecule has 2 nitrogen and oxygen atoms in total. The molecule has 0 amide bonds. The van der Waals surface area contributed by atoms with Crippen molar-refractivity contribution in [1.82, 2.24) is 9.55 Å². The van der Waals surface area contributed by atoms with Crippen LogP contribution in [-0.2, 0) is 0 Å². The molecule has 0 atom stereocenters. The zero-order valence-corrected chi connectivity index (χ0v) is 12.5. The van der Waals surface area contributed by atoms with Gasteiger partial charge in [0.2, 0.25) is 0 Å². The first kappa shape index (κ1) is 12.6. The number of hydrogen-bond donors (Lipinski definition) is 1. The molecule has 3 aromatic rings. The molecule has 0 unspecified atom stereocenters. The molecule has 0 fully saturated rings. The predicted octanol–water partition coefficient (Wildman–Crippen LogP) is 4.90. The van der Waals surface area contributed by atoms with Crippen molar-refractivity contribution < 1.29 is 4.39 Å². The summed E-state index contributed by atoms with van der Waals surface area (Å²) in [4.78, 5) is 3.12. The lowest BCUT2D eigenvalue weighted by molar-refractivity contribution is 0.617. The summed E-state index contributed by atoms with van der Waals surface area (Å²) in [5.41, 5.74) is 3.19. The lowest BCUT2D eigenvalue weighted by Crippen LogP contribution is -1.95. The Balaban J connectivity index is 2.35.